The fourth-order valence-electron chi connectivity index (χ4n) is 0.908. The highest BCUT2D eigenvalue weighted by Gasteiger charge is 2.09. The van der Waals surface area contributed by atoms with E-state index in [-0.39, 0.29) is 10.4 Å². The summed E-state index contributed by atoms with van der Waals surface area (Å²) in [5, 5.41) is 0. The van der Waals surface area contributed by atoms with Crippen molar-refractivity contribution >= 4 is 15.9 Å². The summed E-state index contributed by atoms with van der Waals surface area (Å²) in [6.45, 7) is 3.78. The lowest BCUT2D eigenvalue weighted by Gasteiger charge is -2.06. The molecule has 0 N–H and O–H groups in total. The van der Waals surface area contributed by atoms with Crippen molar-refractivity contribution in [2.24, 2.45) is 0 Å². The molecule has 66 valence electrons. The molecular weight excluding hydrogens is 226 g/mol. The van der Waals surface area contributed by atoms with Crippen molar-refractivity contribution in [1.29, 1.82) is 0 Å². The Morgan fingerprint density at radius 3 is 1.92 bits per heavy atom. The lowest BCUT2D eigenvalue weighted by Crippen LogP contribution is -1.92. The van der Waals surface area contributed by atoms with Crippen molar-refractivity contribution in [1.82, 2.24) is 0 Å². The largest absolute Gasteiger partial charge is 0.206 e. The van der Waals surface area contributed by atoms with Gasteiger partial charge in [-0.1, -0.05) is 13.8 Å². The molecule has 0 unspecified atom stereocenters. The smallest absolute Gasteiger partial charge is 0.140 e. The summed E-state index contributed by atoms with van der Waals surface area (Å²) in [5.41, 5.74) is 0.674. The zero-order valence-electron chi connectivity index (χ0n) is 6.87. The van der Waals surface area contributed by atoms with Crippen molar-refractivity contribution in [3.05, 3.63) is 33.8 Å². The summed E-state index contributed by atoms with van der Waals surface area (Å²) in [6.07, 6.45) is 0. The molecule has 3 heteroatoms. The average Bonchev–Trinajstić information content (AvgIpc) is 1.99. The van der Waals surface area contributed by atoms with Crippen LogP contribution in [0.3, 0.4) is 0 Å². The van der Waals surface area contributed by atoms with Crippen LogP contribution in [0.25, 0.3) is 0 Å². The van der Waals surface area contributed by atoms with Crippen molar-refractivity contribution in [2.45, 2.75) is 19.8 Å². The van der Waals surface area contributed by atoms with E-state index in [2.05, 4.69) is 15.9 Å². The highest BCUT2D eigenvalue weighted by atomic mass is 79.9. The summed E-state index contributed by atoms with van der Waals surface area (Å²) < 4.78 is 25.7. The lowest BCUT2D eigenvalue weighted by molar-refractivity contribution is 0.566. The van der Waals surface area contributed by atoms with E-state index in [0.717, 1.165) is 0 Å². The van der Waals surface area contributed by atoms with Gasteiger partial charge in [0.2, 0.25) is 0 Å². The van der Waals surface area contributed by atoms with Crippen LogP contribution in [0, 0.1) is 11.6 Å². The standard InChI is InChI=1S/C9H9BrF2/c1-5(2)6-3-7(11)9(10)8(12)4-6/h3-5H,1-2H3. The highest BCUT2D eigenvalue weighted by Crippen LogP contribution is 2.24. The third-order valence-corrected chi connectivity index (χ3v) is 2.43. The van der Waals surface area contributed by atoms with Crippen LogP contribution in [0.15, 0.2) is 16.6 Å². The van der Waals surface area contributed by atoms with Crippen LogP contribution in [-0.2, 0) is 0 Å². The molecule has 0 aliphatic rings. The third-order valence-electron chi connectivity index (χ3n) is 1.67. The molecule has 0 heterocycles. The fraction of sp³-hybridized carbons (Fsp3) is 0.333. The summed E-state index contributed by atoms with van der Waals surface area (Å²) in [6, 6.07) is 2.69. The van der Waals surface area contributed by atoms with E-state index in [1.54, 1.807) is 0 Å². The zero-order chi connectivity index (χ0) is 9.30. The molecule has 0 aliphatic heterocycles. The Balaban J connectivity index is 3.21. The first-order valence-electron chi connectivity index (χ1n) is 3.67. The van der Waals surface area contributed by atoms with Gasteiger partial charge in [0, 0.05) is 0 Å². The van der Waals surface area contributed by atoms with Crippen LogP contribution in [0.5, 0.6) is 0 Å². The Bertz CT molecular complexity index is 272. The number of hydrogen-bond donors (Lipinski definition) is 0. The number of hydrogen-bond acceptors (Lipinski definition) is 0. The molecule has 0 atom stereocenters. The maximum atomic E-state index is 12.9. The van der Waals surface area contributed by atoms with Gasteiger partial charge in [0.15, 0.2) is 0 Å². The van der Waals surface area contributed by atoms with Crippen LogP contribution >= 0.6 is 15.9 Å². The van der Waals surface area contributed by atoms with Gasteiger partial charge in [0.25, 0.3) is 0 Å². The Morgan fingerprint density at radius 1 is 1.17 bits per heavy atom. The highest BCUT2D eigenvalue weighted by molar-refractivity contribution is 9.10. The molecule has 12 heavy (non-hydrogen) atoms. The predicted molar refractivity (Wildman–Crippen MR) is 48.1 cm³/mol. The molecule has 0 fully saturated rings. The second kappa shape index (κ2) is 3.52. The van der Waals surface area contributed by atoms with Crippen LogP contribution in [0.1, 0.15) is 25.3 Å². The second-order valence-electron chi connectivity index (χ2n) is 2.95. The molecule has 0 nitrogen and oxygen atoms in total. The summed E-state index contributed by atoms with van der Waals surface area (Å²) in [4.78, 5) is 0. The molecule has 1 rings (SSSR count). The van der Waals surface area contributed by atoms with Gasteiger partial charge >= 0.3 is 0 Å². The monoisotopic (exact) mass is 234 g/mol. The van der Waals surface area contributed by atoms with Gasteiger partial charge in [0.05, 0.1) is 4.47 Å². The van der Waals surface area contributed by atoms with Gasteiger partial charge in [-0.3, -0.25) is 0 Å². The molecule has 0 saturated carbocycles. The second-order valence-corrected chi connectivity index (χ2v) is 3.75. The molecule has 0 radical (unpaired) electrons. The van der Waals surface area contributed by atoms with Gasteiger partial charge in [0.1, 0.15) is 11.6 Å². The SMILES string of the molecule is CC(C)c1cc(F)c(Br)c(F)c1. The number of rotatable bonds is 1. The lowest BCUT2D eigenvalue weighted by atomic mass is 10.0. The molecule has 0 aromatic heterocycles. The van der Waals surface area contributed by atoms with E-state index in [4.69, 9.17) is 0 Å². The minimum Gasteiger partial charge on any atom is -0.206 e. The quantitative estimate of drug-likeness (QED) is 0.648. The van der Waals surface area contributed by atoms with E-state index in [1.807, 2.05) is 13.8 Å². The van der Waals surface area contributed by atoms with Crippen molar-refractivity contribution in [2.75, 3.05) is 0 Å². The first-order valence-corrected chi connectivity index (χ1v) is 4.46. The Kier molecular flexibility index (Phi) is 2.83. The van der Waals surface area contributed by atoms with E-state index >= 15 is 0 Å². The van der Waals surface area contributed by atoms with Crippen molar-refractivity contribution < 1.29 is 8.78 Å². The zero-order valence-corrected chi connectivity index (χ0v) is 8.45. The van der Waals surface area contributed by atoms with Gasteiger partial charge in [-0.15, -0.1) is 0 Å². The Hall–Kier alpha value is -0.440. The van der Waals surface area contributed by atoms with E-state index in [1.165, 1.54) is 12.1 Å². The molecule has 0 spiro atoms. The van der Waals surface area contributed by atoms with Crippen LogP contribution < -0.4 is 0 Å². The molecule has 0 bridgehead atoms. The Morgan fingerprint density at radius 2 is 1.58 bits per heavy atom. The maximum absolute atomic E-state index is 12.9. The Labute approximate surface area is 78.7 Å². The molecule has 0 saturated heterocycles. The van der Waals surface area contributed by atoms with Crippen LogP contribution in [0.4, 0.5) is 8.78 Å². The first-order chi connectivity index (χ1) is 5.52. The van der Waals surface area contributed by atoms with Crippen molar-refractivity contribution in [3.63, 3.8) is 0 Å². The number of benzene rings is 1. The molecule has 1 aromatic carbocycles. The van der Waals surface area contributed by atoms with Gasteiger partial charge < -0.3 is 0 Å². The topological polar surface area (TPSA) is 0 Å². The van der Waals surface area contributed by atoms with Gasteiger partial charge in [-0.05, 0) is 39.5 Å². The molecular formula is C9H9BrF2. The van der Waals surface area contributed by atoms with Gasteiger partial charge in [-0.25, -0.2) is 8.78 Å². The summed E-state index contributed by atoms with van der Waals surface area (Å²) in [5.74, 6) is -0.945. The predicted octanol–water partition coefficient (Wildman–Crippen LogP) is 3.85. The maximum Gasteiger partial charge on any atom is 0.140 e. The fourth-order valence-corrected chi connectivity index (χ4v) is 1.14. The molecule has 0 amide bonds. The molecule has 1 aromatic rings. The van der Waals surface area contributed by atoms with E-state index in [9.17, 15) is 8.78 Å². The van der Waals surface area contributed by atoms with Crippen LogP contribution in [-0.4, -0.2) is 0 Å². The third kappa shape index (κ3) is 1.83. The minimum absolute atomic E-state index is 0.0908. The minimum atomic E-state index is -0.543. The molecule has 0 aliphatic carbocycles. The average molecular weight is 235 g/mol. The normalized spacial score (nSPS) is 10.8. The van der Waals surface area contributed by atoms with Crippen molar-refractivity contribution in [3.8, 4) is 0 Å². The van der Waals surface area contributed by atoms with E-state index < -0.39 is 11.6 Å². The summed E-state index contributed by atoms with van der Waals surface area (Å²) >= 11 is 2.81. The van der Waals surface area contributed by atoms with Crippen LogP contribution in [0.2, 0.25) is 0 Å². The first kappa shape index (κ1) is 9.65. The van der Waals surface area contributed by atoms with Gasteiger partial charge in [-0.2, -0.15) is 0 Å². The van der Waals surface area contributed by atoms with E-state index in [0.29, 0.717) is 5.56 Å². The summed E-state index contributed by atoms with van der Waals surface area (Å²) in [7, 11) is 0. The number of halogens is 3.